The number of aryl methyl sites for hydroxylation is 2. The van der Waals surface area contributed by atoms with Gasteiger partial charge in [-0.2, -0.15) is 0 Å². The predicted octanol–water partition coefficient (Wildman–Crippen LogP) is 8.28. The quantitative estimate of drug-likeness (QED) is 0.226. The van der Waals surface area contributed by atoms with Crippen LogP contribution in [-0.2, 0) is 12.8 Å². The zero-order chi connectivity index (χ0) is 20.9. The molecular formula is C30H38. The number of hydrogen-bond acceptors (Lipinski definition) is 0. The van der Waals surface area contributed by atoms with E-state index < -0.39 is 0 Å². The number of hydrogen-bond donors (Lipinski definition) is 0. The molecule has 0 atom stereocenters. The average molecular weight is 399 g/mol. The van der Waals surface area contributed by atoms with E-state index in [9.17, 15) is 0 Å². The third kappa shape index (κ3) is 8.23. The lowest BCUT2D eigenvalue weighted by Gasteiger charge is -2.21. The molecule has 30 heavy (non-hydrogen) atoms. The maximum atomic E-state index is 3.32. The Balaban J connectivity index is 1.44. The summed E-state index contributed by atoms with van der Waals surface area (Å²) in [5, 5.41) is 0. The Kier molecular flexibility index (Phi) is 9.81. The fraction of sp³-hybridized carbons (Fsp3) is 0.467. The molecule has 0 N–H and O–H groups in total. The molecule has 2 aromatic carbocycles. The van der Waals surface area contributed by atoms with E-state index in [-0.39, 0.29) is 0 Å². The van der Waals surface area contributed by atoms with E-state index in [1.54, 1.807) is 0 Å². The van der Waals surface area contributed by atoms with Crippen molar-refractivity contribution >= 4 is 0 Å². The van der Waals surface area contributed by atoms with Crippen LogP contribution in [0.2, 0.25) is 0 Å². The monoisotopic (exact) mass is 398 g/mol. The number of rotatable bonds is 9. The summed E-state index contributed by atoms with van der Waals surface area (Å²) in [6.45, 7) is 2.24. The van der Waals surface area contributed by atoms with Gasteiger partial charge in [-0.3, -0.25) is 0 Å². The molecule has 0 saturated heterocycles. The second-order valence-corrected chi connectivity index (χ2v) is 8.84. The van der Waals surface area contributed by atoms with Crippen molar-refractivity contribution in [3.8, 4) is 11.8 Å². The van der Waals surface area contributed by atoms with Crippen LogP contribution in [-0.4, -0.2) is 0 Å². The third-order valence-corrected chi connectivity index (χ3v) is 6.32. The molecule has 3 rings (SSSR count). The summed E-state index contributed by atoms with van der Waals surface area (Å²) in [4.78, 5) is 0. The number of allylic oxidation sites excluding steroid dienone is 2. The van der Waals surface area contributed by atoms with Crippen LogP contribution in [0.3, 0.4) is 0 Å². The molecule has 1 fully saturated rings. The normalized spacial score (nSPS) is 14.6. The van der Waals surface area contributed by atoms with E-state index in [1.165, 1.54) is 75.3 Å². The van der Waals surface area contributed by atoms with E-state index in [2.05, 4.69) is 79.4 Å². The maximum absolute atomic E-state index is 3.32. The highest BCUT2D eigenvalue weighted by Gasteiger charge is 2.12. The van der Waals surface area contributed by atoms with Crippen LogP contribution in [0.15, 0.2) is 60.7 Å². The minimum Gasteiger partial charge on any atom is -0.0885 e. The summed E-state index contributed by atoms with van der Waals surface area (Å²) in [5.41, 5.74) is 5.05. The molecule has 0 amide bonds. The molecule has 0 spiro atoms. The van der Waals surface area contributed by atoms with Gasteiger partial charge in [0.1, 0.15) is 0 Å². The van der Waals surface area contributed by atoms with Gasteiger partial charge >= 0.3 is 0 Å². The molecule has 158 valence electrons. The Morgan fingerprint density at radius 3 is 1.90 bits per heavy atom. The highest BCUT2D eigenvalue weighted by molar-refractivity contribution is 5.44. The molecule has 0 bridgehead atoms. The van der Waals surface area contributed by atoms with Crippen LogP contribution in [0, 0.1) is 17.8 Å². The zero-order valence-electron chi connectivity index (χ0n) is 18.8. The smallest absolute Gasteiger partial charge is 0.0249 e. The van der Waals surface area contributed by atoms with Crippen molar-refractivity contribution in [3.63, 3.8) is 0 Å². The Bertz CT molecular complexity index is 805. The van der Waals surface area contributed by atoms with Crippen LogP contribution in [0.4, 0.5) is 0 Å². The molecule has 0 aromatic heterocycles. The summed E-state index contributed by atoms with van der Waals surface area (Å²) >= 11 is 0. The Hall–Kier alpha value is -2.26. The number of unbranched alkanes of at least 4 members (excludes halogenated alkanes) is 2. The van der Waals surface area contributed by atoms with Gasteiger partial charge in [0, 0.05) is 11.1 Å². The van der Waals surface area contributed by atoms with Gasteiger partial charge in [0.25, 0.3) is 0 Å². The summed E-state index contributed by atoms with van der Waals surface area (Å²) in [6, 6.07) is 17.7. The van der Waals surface area contributed by atoms with Crippen molar-refractivity contribution in [2.45, 2.75) is 84.0 Å². The molecule has 1 aliphatic carbocycles. The molecule has 0 unspecified atom stereocenters. The van der Waals surface area contributed by atoms with E-state index >= 15 is 0 Å². The fourth-order valence-corrected chi connectivity index (χ4v) is 4.31. The molecule has 1 saturated carbocycles. The Morgan fingerprint density at radius 1 is 0.733 bits per heavy atom. The molecule has 2 aromatic rings. The first-order valence-corrected chi connectivity index (χ1v) is 12.2. The molecule has 0 aliphatic heterocycles. The van der Waals surface area contributed by atoms with Gasteiger partial charge in [-0.05, 0) is 73.4 Å². The van der Waals surface area contributed by atoms with Crippen molar-refractivity contribution in [2.75, 3.05) is 0 Å². The first kappa shape index (κ1) is 22.4. The molecule has 0 radical (unpaired) electrons. The van der Waals surface area contributed by atoms with Gasteiger partial charge < -0.3 is 0 Å². The van der Waals surface area contributed by atoms with E-state index in [4.69, 9.17) is 0 Å². The van der Waals surface area contributed by atoms with Crippen LogP contribution in [0.1, 0.15) is 93.4 Å². The van der Waals surface area contributed by atoms with Crippen molar-refractivity contribution in [3.05, 3.63) is 82.9 Å². The lowest BCUT2D eigenvalue weighted by atomic mass is 9.85. The van der Waals surface area contributed by atoms with Crippen LogP contribution in [0.5, 0.6) is 0 Å². The highest BCUT2D eigenvalue weighted by Crippen LogP contribution is 2.27. The average Bonchev–Trinajstić information content (AvgIpc) is 2.81. The van der Waals surface area contributed by atoms with E-state index in [0.29, 0.717) is 0 Å². The van der Waals surface area contributed by atoms with Gasteiger partial charge in [0.2, 0.25) is 0 Å². The Labute approximate surface area is 184 Å². The zero-order valence-corrected chi connectivity index (χ0v) is 18.8. The first-order valence-electron chi connectivity index (χ1n) is 12.2. The van der Waals surface area contributed by atoms with Crippen LogP contribution < -0.4 is 0 Å². The SMILES string of the molecule is CCCC/C=C/CCc1ccc(C#Cc2ccc(CCC3CCCCC3)cc2)cc1. The third-order valence-electron chi connectivity index (χ3n) is 6.32. The fourth-order valence-electron chi connectivity index (χ4n) is 4.31. The number of benzene rings is 2. The van der Waals surface area contributed by atoms with Crippen molar-refractivity contribution < 1.29 is 0 Å². The predicted molar refractivity (Wildman–Crippen MR) is 131 cm³/mol. The van der Waals surface area contributed by atoms with Crippen molar-refractivity contribution in [1.29, 1.82) is 0 Å². The van der Waals surface area contributed by atoms with Gasteiger partial charge in [-0.25, -0.2) is 0 Å². The largest absolute Gasteiger partial charge is 0.0885 e. The summed E-state index contributed by atoms with van der Waals surface area (Å²) in [6.07, 6.45) is 20.5. The van der Waals surface area contributed by atoms with Crippen LogP contribution in [0.25, 0.3) is 0 Å². The molecule has 0 heterocycles. The van der Waals surface area contributed by atoms with Crippen molar-refractivity contribution in [1.82, 2.24) is 0 Å². The van der Waals surface area contributed by atoms with Crippen molar-refractivity contribution in [2.24, 2.45) is 5.92 Å². The molecular weight excluding hydrogens is 360 g/mol. The van der Waals surface area contributed by atoms with Crippen LogP contribution >= 0.6 is 0 Å². The van der Waals surface area contributed by atoms with Gasteiger partial charge in [-0.15, -0.1) is 0 Å². The summed E-state index contributed by atoms with van der Waals surface area (Å²) in [7, 11) is 0. The first-order chi connectivity index (χ1) is 14.8. The van der Waals surface area contributed by atoms with E-state index in [1.807, 2.05) is 0 Å². The topological polar surface area (TPSA) is 0 Å². The summed E-state index contributed by atoms with van der Waals surface area (Å²) < 4.78 is 0. The maximum Gasteiger partial charge on any atom is 0.0249 e. The highest BCUT2D eigenvalue weighted by atomic mass is 14.2. The second-order valence-electron chi connectivity index (χ2n) is 8.84. The molecule has 1 aliphatic rings. The second kappa shape index (κ2) is 13.1. The minimum atomic E-state index is 0.957. The lowest BCUT2D eigenvalue weighted by Crippen LogP contribution is -2.07. The molecule has 0 heteroatoms. The summed E-state index contributed by atoms with van der Waals surface area (Å²) in [5.74, 6) is 7.60. The van der Waals surface area contributed by atoms with Gasteiger partial charge in [0.05, 0.1) is 0 Å². The minimum absolute atomic E-state index is 0.957. The molecule has 0 nitrogen and oxygen atoms in total. The Morgan fingerprint density at radius 2 is 1.30 bits per heavy atom. The standard InChI is InChI=1S/C30H38/c1-2-3-4-5-6-8-13-27-15-18-29(19-16-27)22-25-30-23-20-28(21-24-30)17-14-26-11-9-7-10-12-26/h5-6,15-16,18-21,23-24,26H,2-4,7-14,17H2,1H3/b6-5+. The van der Waals surface area contributed by atoms with Gasteiger partial charge in [0.15, 0.2) is 0 Å². The van der Waals surface area contributed by atoms with Gasteiger partial charge in [-0.1, -0.05) is 100 Å². The lowest BCUT2D eigenvalue weighted by molar-refractivity contribution is 0.339. The van der Waals surface area contributed by atoms with E-state index in [0.717, 1.165) is 29.9 Å².